The minimum atomic E-state index is -0.604. The van der Waals surface area contributed by atoms with Gasteiger partial charge in [-0.25, -0.2) is 4.79 Å². The van der Waals surface area contributed by atoms with Gasteiger partial charge < -0.3 is 16.0 Å². The van der Waals surface area contributed by atoms with E-state index in [1.165, 1.54) is 6.42 Å². The van der Waals surface area contributed by atoms with Crippen LogP contribution in [0.4, 0.5) is 4.79 Å². The van der Waals surface area contributed by atoms with Crippen molar-refractivity contribution in [1.29, 1.82) is 0 Å². The van der Waals surface area contributed by atoms with Gasteiger partial charge in [0.2, 0.25) is 5.91 Å². The van der Waals surface area contributed by atoms with Crippen molar-refractivity contribution in [2.45, 2.75) is 39.2 Å². The van der Waals surface area contributed by atoms with Crippen LogP contribution in [-0.4, -0.2) is 29.9 Å². The van der Waals surface area contributed by atoms with Gasteiger partial charge in [-0.15, -0.1) is 0 Å². The van der Waals surface area contributed by atoms with Crippen molar-refractivity contribution >= 4 is 11.9 Å². The first-order valence-corrected chi connectivity index (χ1v) is 7.86. The number of hydrogen-bond acceptors (Lipinski definition) is 2. The number of benzene rings is 1. The van der Waals surface area contributed by atoms with Gasteiger partial charge in [0.1, 0.15) is 0 Å². The Kier molecular flexibility index (Phi) is 5.41. The van der Waals surface area contributed by atoms with Crippen LogP contribution in [0.15, 0.2) is 24.3 Å². The molecule has 2 unspecified atom stereocenters. The Morgan fingerprint density at radius 3 is 2.77 bits per heavy atom. The van der Waals surface area contributed by atoms with Gasteiger partial charge in [0.15, 0.2) is 0 Å². The first-order valence-electron chi connectivity index (χ1n) is 7.86. The smallest absolute Gasteiger partial charge is 0.312 e. The summed E-state index contributed by atoms with van der Waals surface area (Å²) < 4.78 is 0. The van der Waals surface area contributed by atoms with Crippen molar-refractivity contribution in [2.75, 3.05) is 13.1 Å². The highest BCUT2D eigenvalue weighted by atomic mass is 16.2. The number of carbonyl (C=O) groups is 2. The molecule has 1 heterocycles. The van der Waals surface area contributed by atoms with Crippen molar-refractivity contribution in [1.82, 2.24) is 10.2 Å². The van der Waals surface area contributed by atoms with Gasteiger partial charge >= 0.3 is 6.03 Å². The van der Waals surface area contributed by atoms with Crippen LogP contribution in [0, 0.1) is 12.8 Å². The van der Waals surface area contributed by atoms with Crippen molar-refractivity contribution < 1.29 is 9.59 Å². The van der Waals surface area contributed by atoms with Gasteiger partial charge in [-0.1, -0.05) is 31.2 Å². The highest BCUT2D eigenvalue weighted by Gasteiger charge is 2.25. The van der Waals surface area contributed by atoms with Crippen LogP contribution in [0.2, 0.25) is 0 Å². The Labute approximate surface area is 131 Å². The van der Waals surface area contributed by atoms with Gasteiger partial charge in [0, 0.05) is 13.1 Å². The molecule has 2 atom stereocenters. The van der Waals surface area contributed by atoms with Gasteiger partial charge in [-0.2, -0.15) is 0 Å². The minimum Gasteiger partial charge on any atom is -0.352 e. The van der Waals surface area contributed by atoms with E-state index in [0.29, 0.717) is 5.92 Å². The summed E-state index contributed by atoms with van der Waals surface area (Å²) in [5.41, 5.74) is 7.27. The van der Waals surface area contributed by atoms with Gasteiger partial charge in [-0.05, 0) is 36.8 Å². The predicted octanol–water partition coefficient (Wildman–Crippen LogP) is 2.35. The normalized spacial score (nSPS) is 19.5. The SMILES string of the molecule is Cc1ccccc1C(CC(=O)N1CCCC(C)C1)NC(N)=O. The summed E-state index contributed by atoms with van der Waals surface area (Å²) in [5, 5.41) is 2.71. The molecule has 1 fully saturated rings. The molecule has 5 nitrogen and oxygen atoms in total. The van der Waals surface area contributed by atoms with Gasteiger partial charge in [-0.3, -0.25) is 4.79 Å². The lowest BCUT2D eigenvalue weighted by atomic mass is 9.96. The molecular formula is C17H25N3O2. The molecule has 2 rings (SSSR count). The molecule has 1 aliphatic heterocycles. The number of amides is 3. The number of carbonyl (C=O) groups excluding carboxylic acids is 2. The zero-order chi connectivity index (χ0) is 16.1. The molecule has 1 aliphatic rings. The number of rotatable bonds is 4. The maximum Gasteiger partial charge on any atom is 0.312 e. The topological polar surface area (TPSA) is 75.4 Å². The lowest BCUT2D eigenvalue weighted by molar-refractivity contribution is -0.133. The van der Waals surface area contributed by atoms with E-state index in [2.05, 4.69) is 12.2 Å². The van der Waals surface area contributed by atoms with Crippen molar-refractivity contribution in [3.8, 4) is 0 Å². The quantitative estimate of drug-likeness (QED) is 0.896. The Hall–Kier alpha value is -2.04. The Balaban J connectivity index is 2.11. The van der Waals surface area contributed by atoms with Crippen LogP contribution >= 0.6 is 0 Å². The number of likely N-dealkylation sites (tertiary alicyclic amines) is 1. The van der Waals surface area contributed by atoms with Gasteiger partial charge in [0.05, 0.1) is 12.5 Å². The first-order chi connectivity index (χ1) is 10.5. The minimum absolute atomic E-state index is 0.0774. The number of aryl methyl sites for hydroxylation is 1. The summed E-state index contributed by atoms with van der Waals surface area (Å²) in [5.74, 6) is 0.618. The van der Waals surface area contributed by atoms with E-state index in [4.69, 9.17) is 5.73 Å². The molecule has 22 heavy (non-hydrogen) atoms. The van der Waals surface area contributed by atoms with Crippen molar-refractivity contribution in [3.05, 3.63) is 35.4 Å². The maximum absolute atomic E-state index is 12.6. The second-order valence-electron chi connectivity index (χ2n) is 6.21. The fraction of sp³-hybridized carbons (Fsp3) is 0.529. The van der Waals surface area contributed by atoms with Crippen LogP contribution in [0.3, 0.4) is 0 Å². The third kappa shape index (κ3) is 4.23. The highest BCUT2D eigenvalue weighted by molar-refractivity contribution is 5.79. The number of urea groups is 1. The number of hydrogen-bond donors (Lipinski definition) is 2. The molecule has 0 bridgehead atoms. The summed E-state index contributed by atoms with van der Waals surface area (Å²) in [6.07, 6.45) is 2.47. The highest BCUT2D eigenvalue weighted by Crippen LogP contribution is 2.23. The molecule has 5 heteroatoms. The molecule has 120 valence electrons. The van der Waals surface area contributed by atoms with E-state index >= 15 is 0 Å². The summed E-state index contributed by atoms with van der Waals surface area (Å²) in [4.78, 5) is 25.7. The molecule has 3 amide bonds. The third-order valence-corrected chi connectivity index (χ3v) is 4.27. The maximum atomic E-state index is 12.6. The number of primary amides is 1. The van der Waals surface area contributed by atoms with E-state index in [1.54, 1.807) is 0 Å². The molecule has 1 aromatic rings. The lowest BCUT2D eigenvalue weighted by Crippen LogP contribution is -2.42. The fourth-order valence-corrected chi connectivity index (χ4v) is 3.11. The molecule has 0 radical (unpaired) electrons. The largest absolute Gasteiger partial charge is 0.352 e. The Morgan fingerprint density at radius 1 is 1.41 bits per heavy atom. The van der Waals surface area contributed by atoms with Crippen LogP contribution in [0.1, 0.15) is 43.4 Å². The van der Waals surface area contributed by atoms with Crippen LogP contribution in [-0.2, 0) is 4.79 Å². The van der Waals surface area contributed by atoms with Gasteiger partial charge in [0.25, 0.3) is 0 Å². The average Bonchev–Trinajstić information content (AvgIpc) is 2.46. The van der Waals surface area contributed by atoms with Crippen LogP contribution < -0.4 is 11.1 Å². The number of nitrogens with two attached hydrogens (primary N) is 1. The van der Waals surface area contributed by atoms with Crippen LogP contribution in [0.25, 0.3) is 0 Å². The Bertz CT molecular complexity index is 544. The standard InChI is InChI=1S/C17H25N3O2/c1-12-6-5-9-20(11-12)16(21)10-15(19-17(18)22)14-8-4-3-7-13(14)2/h3-4,7-8,12,15H,5-6,9-11H2,1-2H3,(H3,18,19,22). The van der Waals surface area contributed by atoms with E-state index in [0.717, 1.165) is 30.6 Å². The van der Waals surface area contributed by atoms with E-state index < -0.39 is 6.03 Å². The number of nitrogens with zero attached hydrogens (tertiary/aromatic N) is 1. The summed E-state index contributed by atoms with van der Waals surface area (Å²) in [6.45, 7) is 5.74. The lowest BCUT2D eigenvalue weighted by Gasteiger charge is -2.32. The summed E-state index contributed by atoms with van der Waals surface area (Å²) >= 11 is 0. The molecule has 0 spiro atoms. The molecule has 3 N–H and O–H groups in total. The number of nitrogens with one attached hydrogen (secondary N) is 1. The van der Waals surface area contributed by atoms with Crippen LogP contribution in [0.5, 0.6) is 0 Å². The summed E-state index contributed by atoms with van der Waals surface area (Å²) in [6, 6.07) is 6.77. The zero-order valence-corrected chi connectivity index (χ0v) is 13.3. The second kappa shape index (κ2) is 7.29. The average molecular weight is 303 g/mol. The van der Waals surface area contributed by atoms with Crippen molar-refractivity contribution in [2.24, 2.45) is 11.7 Å². The molecule has 0 aromatic heterocycles. The first kappa shape index (κ1) is 16.3. The van der Waals surface area contributed by atoms with E-state index in [-0.39, 0.29) is 18.4 Å². The predicted molar refractivity (Wildman–Crippen MR) is 86.2 cm³/mol. The third-order valence-electron chi connectivity index (χ3n) is 4.27. The van der Waals surface area contributed by atoms with E-state index in [1.807, 2.05) is 36.1 Å². The molecule has 0 aliphatic carbocycles. The van der Waals surface area contributed by atoms with Crippen molar-refractivity contribution in [3.63, 3.8) is 0 Å². The second-order valence-corrected chi connectivity index (χ2v) is 6.21. The monoisotopic (exact) mass is 303 g/mol. The molecule has 1 saturated heterocycles. The Morgan fingerprint density at radius 2 is 2.14 bits per heavy atom. The fourth-order valence-electron chi connectivity index (χ4n) is 3.11. The molecule has 1 aromatic carbocycles. The number of piperidine rings is 1. The zero-order valence-electron chi connectivity index (χ0n) is 13.3. The molecule has 0 saturated carbocycles. The summed E-state index contributed by atoms with van der Waals surface area (Å²) in [7, 11) is 0. The van der Waals surface area contributed by atoms with E-state index in [9.17, 15) is 9.59 Å². The molecular weight excluding hydrogens is 278 g/mol.